The Morgan fingerprint density at radius 1 is 0.556 bits per heavy atom. The summed E-state index contributed by atoms with van der Waals surface area (Å²) < 4.78 is 0. The van der Waals surface area contributed by atoms with E-state index in [9.17, 15) is 0 Å². The number of hydrogen-bond acceptors (Lipinski definition) is 1. The number of nitrogens with zero attached hydrogens (tertiary/aromatic N) is 1. The molecule has 1 nitrogen and oxygen atoms in total. The molecular weight excluding hydrogens is 450 g/mol. The summed E-state index contributed by atoms with van der Waals surface area (Å²) in [5.74, 6) is 0. The summed E-state index contributed by atoms with van der Waals surface area (Å²) in [4.78, 5) is 2.33. The van der Waals surface area contributed by atoms with Gasteiger partial charge in [-0.05, 0) is 64.7 Å². The predicted octanol–water partition coefficient (Wildman–Crippen LogP) is 7.98. The van der Waals surface area contributed by atoms with Crippen molar-refractivity contribution < 1.29 is 0 Å². The highest BCUT2D eigenvalue weighted by atomic mass is 28.2. The molecule has 176 valence electrons. The van der Waals surface area contributed by atoms with Crippen LogP contribution in [0.2, 0.25) is 6.04 Å². The van der Waals surface area contributed by atoms with Crippen molar-refractivity contribution in [3.63, 3.8) is 0 Å². The van der Waals surface area contributed by atoms with Gasteiger partial charge < -0.3 is 4.90 Å². The Morgan fingerprint density at radius 3 is 1.50 bits per heavy atom. The topological polar surface area (TPSA) is 3.24 Å². The summed E-state index contributed by atoms with van der Waals surface area (Å²) in [5, 5.41) is 1.52. The fourth-order valence-corrected chi connectivity index (χ4v) is 5.73. The van der Waals surface area contributed by atoms with E-state index < -0.39 is 0 Å². The van der Waals surface area contributed by atoms with Gasteiger partial charge in [0.05, 0.1) is 9.52 Å². The highest BCUT2D eigenvalue weighted by Gasteiger charge is 2.12. The number of benzene rings is 5. The Morgan fingerprint density at radius 2 is 1.00 bits per heavy atom. The van der Waals surface area contributed by atoms with Crippen LogP contribution in [0.15, 0.2) is 140 Å². The molecule has 0 bridgehead atoms. The first kappa shape index (κ1) is 23.6. The van der Waals surface area contributed by atoms with Crippen molar-refractivity contribution in [1.82, 2.24) is 0 Å². The standard InChI is InChI=1S/C34H31NSi/c1-2-36-33-24-22-32(23-25-33)35(30-16-10-5-11-17-30)31-20-18-27(19-21-31)26-34(28-12-6-3-7-13-28)29-14-8-4-9-15-29/h3-26H,2,36H2,1H3. The number of rotatable bonds is 8. The highest BCUT2D eigenvalue weighted by molar-refractivity contribution is 6.53. The first-order valence-corrected chi connectivity index (χ1v) is 14.4. The lowest BCUT2D eigenvalue weighted by molar-refractivity contribution is 1.28. The van der Waals surface area contributed by atoms with Crippen molar-refractivity contribution in [3.8, 4) is 0 Å². The maximum atomic E-state index is 2.33. The van der Waals surface area contributed by atoms with E-state index in [0.29, 0.717) is 0 Å². The molecule has 0 atom stereocenters. The van der Waals surface area contributed by atoms with Gasteiger partial charge in [-0.15, -0.1) is 0 Å². The van der Waals surface area contributed by atoms with Crippen LogP contribution in [-0.4, -0.2) is 9.52 Å². The summed E-state index contributed by atoms with van der Waals surface area (Å²) in [6, 6.07) is 51.2. The van der Waals surface area contributed by atoms with E-state index in [0.717, 1.165) is 11.4 Å². The lowest BCUT2D eigenvalue weighted by Gasteiger charge is -2.25. The summed E-state index contributed by atoms with van der Waals surface area (Å²) >= 11 is 0. The van der Waals surface area contributed by atoms with Crippen LogP contribution in [0.5, 0.6) is 0 Å². The second-order valence-electron chi connectivity index (χ2n) is 8.97. The van der Waals surface area contributed by atoms with Gasteiger partial charge in [0, 0.05) is 17.1 Å². The van der Waals surface area contributed by atoms with Gasteiger partial charge in [0.15, 0.2) is 0 Å². The molecule has 5 aromatic rings. The molecule has 0 spiro atoms. The summed E-state index contributed by atoms with van der Waals surface area (Å²) in [6.07, 6.45) is 2.28. The van der Waals surface area contributed by atoms with Crippen LogP contribution in [0.4, 0.5) is 17.1 Å². The van der Waals surface area contributed by atoms with Crippen LogP contribution in [-0.2, 0) is 0 Å². The van der Waals surface area contributed by atoms with E-state index in [4.69, 9.17) is 0 Å². The minimum atomic E-state index is -0.153. The smallest absolute Gasteiger partial charge is 0.0544 e. The molecule has 0 aromatic heterocycles. The summed E-state index contributed by atoms with van der Waals surface area (Å²) in [5.41, 5.74) is 8.34. The van der Waals surface area contributed by atoms with Gasteiger partial charge in [0.25, 0.3) is 0 Å². The third-order valence-electron chi connectivity index (χ3n) is 6.38. The Labute approximate surface area is 217 Å². The predicted molar refractivity (Wildman–Crippen MR) is 160 cm³/mol. The number of anilines is 3. The quantitative estimate of drug-likeness (QED) is 0.160. The van der Waals surface area contributed by atoms with Crippen molar-refractivity contribution in [1.29, 1.82) is 0 Å². The van der Waals surface area contributed by atoms with Gasteiger partial charge in [-0.2, -0.15) is 0 Å². The lowest BCUT2D eigenvalue weighted by Crippen LogP contribution is -2.14. The Kier molecular flexibility index (Phi) is 7.55. The molecule has 0 radical (unpaired) electrons. The summed E-state index contributed by atoms with van der Waals surface area (Å²) in [7, 11) is -0.153. The minimum absolute atomic E-state index is 0.153. The van der Waals surface area contributed by atoms with Gasteiger partial charge in [0.1, 0.15) is 0 Å². The Balaban J connectivity index is 1.52. The minimum Gasteiger partial charge on any atom is -0.311 e. The molecule has 0 amide bonds. The van der Waals surface area contributed by atoms with Crippen LogP contribution in [0.1, 0.15) is 23.6 Å². The van der Waals surface area contributed by atoms with E-state index >= 15 is 0 Å². The van der Waals surface area contributed by atoms with E-state index in [2.05, 4.69) is 157 Å². The molecule has 0 saturated carbocycles. The molecule has 0 aliphatic rings. The zero-order valence-electron chi connectivity index (χ0n) is 20.7. The zero-order chi connectivity index (χ0) is 24.6. The number of para-hydroxylation sites is 1. The maximum Gasteiger partial charge on any atom is 0.0544 e. The van der Waals surface area contributed by atoms with Crippen molar-refractivity contribution in [2.45, 2.75) is 13.0 Å². The van der Waals surface area contributed by atoms with Crippen molar-refractivity contribution in [3.05, 3.63) is 156 Å². The van der Waals surface area contributed by atoms with E-state index in [1.807, 2.05) is 0 Å². The average Bonchev–Trinajstić information content (AvgIpc) is 2.95. The molecule has 0 aliphatic carbocycles. The molecule has 0 fully saturated rings. The average molecular weight is 482 g/mol. The molecule has 0 N–H and O–H groups in total. The maximum absolute atomic E-state index is 2.33. The third kappa shape index (κ3) is 5.56. The van der Waals surface area contributed by atoms with Crippen molar-refractivity contribution in [2.75, 3.05) is 4.90 Å². The molecule has 5 rings (SSSR count). The summed E-state index contributed by atoms with van der Waals surface area (Å²) in [6.45, 7) is 2.29. The fraction of sp³-hybridized carbons (Fsp3) is 0.0588. The monoisotopic (exact) mass is 481 g/mol. The molecule has 0 saturated heterocycles. The zero-order valence-corrected chi connectivity index (χ0v) is 22.1. The van der Waals surface area contributed by atoms with Crippen LogP contribution >= 0.6 is 0 Å². The Bertz CT molecular complexity index is 1350. The SMILES string of the molecule is CC[SiH2]c1ccc(N(c2ccccc2)c2ccc(C=C(c3ccccc3)c3ccccc3)cc2)cc1. The van der Waals surface area contributed by atoms with E-state index in [1.54, 1.807) is 0 Å². The van der Waals surface area contributed by atoms with Crippen LogP contribution in [0.25, 0.3) is 11.6 Å². The van der Waals surface area contributed by atoms with E-state index in [-0.39, 0.29) is 9.52 Å². The molecule has 5 aromatic carbocycles. The van der Waals surface area contributed by atoms with Crippen LogP contribution in [0, 0.1) is 0 Å². The molecule has 0 heterocycles. The van der Waals surface area contributed by atoms with Gasteiger partial charge in [-0.1, -0.05) is 121 Å². The molecule has 0 aliphatic heterocycles. The van der Waals surface area contributed by atoms with Gasteiger partial charge in [-0.25, -0.2) is 0 Å². The lowest BCUT2D eigenvalue weighted by atomic mass is 9.95. The van der Waals surface area contributed by atoms with Gasteiger partial charge in [-0.3, -0.25) is 0 Å². The highest BCUT2D eigenvalue weighted by Crippen LogP contribution is 2.34. The van der Waals surface area contributed by atoms with Crippen LogP contribution in [0.3, 0.4) is 0 Å². The number of hydrogen-bond donors (Lipinski definition) is 0. The van der Waals surface area contributed by atoms with E-state index in [1.165, 1.54) is 39.2 Å². The molecule has 2 heteroatoms. The molecular formula is C34H31NSi. The first-order valence-electron chi connectivity index (χ1n) is 12.7. The van der Waals surface area contributed by atoms with Crippen LogP contribution < -0.4 is 10.1 Å². The second kappa shape index (κ2) is 11.5. The van der Waals surface area contributed by atoms with Crippen molar-refractivity contribution in [2.24, 2.45) is 0 Å². The third-order valence-corrected chi connectivity index (χ3v) is 7.93. The first-order chi connectivity index (χ1) is 17.8. The fourth-order valence-electron chi connectivity index (χ4n) is 4.58. The Hall–Kier alpha value is -4.14. The largest absolute Gasteiger partial charge is 0.311 e. The van der Waals surface area contributed by atoms with Gasteiger partial charge >= 0.3 is 0 Å². The van der Waals surface area contributed by atoms with Crippen molar-refractivity contribution >= 4 is 43.4 Å². The normalized spacial score (nSPS) is 10.9. The molecule has 36 heavy (non-hydrogen) atoms. The second-order valence-corrected chi connectivity index (χ2v) is 11.3. The molecule has 0 unspecified atom stereocenters. The van der Waals surface area contributed by atoms with Gasteiger partial charge in [0.2, 0.25) is 0 Å².